The van der Waals surface area contributed by atoms with Gasteiger partial charge in [-0.3, -0.25) is 0 Å². The molecule has 4 nitrogen and oxygen atoms in total. The summed E-state index contributed by atoms with van der Waals surface area (Å²) in [6.07, 6.45) is 5.30. The second-order valence-corrected chi connectivity index (χ2v) is 6.61. The van der Waals surface area contributed by atoms with Crippen molar-refractivity contribution in [2.45, 2.75) is 52.6 Å². The summed E-state index contributed by atoms with van der Waals surface area (Å²) in [5.41, 5.74) is 0.478. The van der Waals surface area contributed by atoms with E-state index in [0.717, 1.165) is 17.6 Å². The highest BCUT2D eigenvalue weighted by molar-refractivity contribution is 5.88. The van der Waals surface area contributed by atoms with Crippen molar-refractivity contribution in [1.82, 2.24) is 5.32 Å². The lowest BCUT2D eigenvalue weighted by atomic mass is 9.74. The molecule has 1 aliphatic rings. The average Bonchev–Trinajstić information content (AvgIpc) is 2.93. The summed E-state index contributed by atoms with van der Waals surface area (Å²) in [6, 6.07) is 2.29. The molecule has 1 aromatic rings. The fourth-order valence-corrected chi connectivity index (χ4v) is 3.37. The molecule has 3 unspecified atom stereocenters. The standard InChI is InChI=1S/C17H27NO3/c1-11(2)15-6-5-12(3)7-16(15)18-9-14-8-13(10-21-14)17(19)20-4/h8,10-12,15-16,18H,5-7,9H2,1-4H3. The predicted octanol–water partition coefficient (Wildman–Crippen LogP) is 3.62. The van der Waals surface area contributed by atoms with Crippen LogP contribution < -0.4 is 5.32 Å². The molecule has 1 N–H and O–H groups in total. The maximum absolute atomic E-state index is 11.4. The van der Waals surface area contributed by atoms with E-state index >= 15 is 0 Å². The van der Waals surface area contributed by atoms with Gasteiger partial charge in [0.05, 0.1) is 19.2 Å². The lowest BCUT2D eigenvalue weighted by Crippen LogP contribution is -2.42. The topological polar surface area (TPSA) is 51.5 Å². The minimum atomic E-state index is -0.351. The van der Waals surface area contributed by atoms with E-state index in [9.17, 15) is 4.79 Å². The van der Waals surface area contributed by atoms with Crippen LogP contribution in [0.1, 0.15) is 56.2 Å². The van der Waals surface area contributed by atoms with Crippen molar-refractivity contribution in [2.75, 3.05) is 7.11 Å². The summed E-state index contributed by atoms with van der Waals surface area (Å²) in [6.45, 7) is 7.60. The Morgan fingerprint density at radius 3 is 2.90 bits per heavy atom. The molecule has 4 heteroatoms. The number of furan rings is 1. The first-order chi connectivity index (χ1) is 10.0. The first-order valence-corrected chi connectivity index (χ1v) is 7.90. The number of ether oxygens (including phenoxy) is 1. The van der Waals surface area contributed by atoms with E-state index in [1.807, 2.05) is 0 Å². The maximum atomic E-state index is 11.4. The highest BCUT2D eigenvalue weighted by Gasteiger charge is 2.30. The fraction of sp³-hybridized carbons (Fsp3) is 0.706. The SMILES string of the molecule is COC(=O)c1coc(CNC2CC(C)CCC2C(C)C)c1. The van der Waals surface area contributed by atoms with Crippen molar-refractivity contribution < 1.29 is 13.9 Å². The highest BCUT2D eigenvalue weighted by atomic mass is 16.5. The van der Waals surface area contributed by atoms with Crippen LogP contribution in [0.5, 0.6) is 0 Å². The third-order valence-corrected chi connectivity index (χ3v) is 4.64. The van der Waals surface area contributed by atoms with Crippen LogP contribution in [0.2, 0.25) is 0 Å². The summed E-state index contributed by atoms with van der Waals surface area (Å²) >= 11 is 0. The molecule has 1 saturated carbocycles. The quantitative estimate of drug-likeness (QED) is 0.842. The smallest absolute Gasteiger partial charge is 0.341 e. The van der Waals surface area contributed by atoms with E-state index in [1.54, 1.807) is 6.07 Å². The van der Waals surface area contributed by atoms with Gasteiger partial charge >= 0.3 is 5.97 Å². The Labute approximate surface area is 127 Å². The number of methoxy groups -OCH3 is 1. The minimum absolute atomic E-state index is 0.351. The summed E-state index contributed by atoms with van der Waals surface area (Å²) < 4.78 is 10.1. The van der Waals surface area contributed by atoms with Crippen LogP contribution in [0.15, 0.2) is 16.7 Å². The van der Waals surface area contributed by atoms with E-state index in [2.05, 4.69) is 30.8 Å². The van der Waals surface area contributed by atoms with Gasteiger partial charge in [-0.2, -0.15) is 0 Å². The number of hydrogen-bond acceptors (Lipinski definition) is 4. The van der Waals surface area contributed by atoms with E-state index in [4.69, 9.17) is 4.42 Å². The molecule has 2 rings (SSSR count). The molecule has 1 aliphatic carbocycles. The van der Waals surface area contributed by atoms with Crippen molar-refractivity contribution in [3.8, 4) is 0 Å². The van der Waals surface area contributed by atoms with E-state index in [1.165, 1.54) is 32.6 Å². The second-order valence-electron chi connectivity index (χ2n) is 6.61. The molecule has 0 bridgehead atoms. The van der Waals surface area contributed by atoms with Crippen molar-refractivity contribution >= 4 is 5.97 Å². The molecule has 0 aromatic carbocycles. The predicted molar refractivity (Wildman–Crippen MR) is 82.0 cm³/mol. The molecular formula is C17H27NO3. The molecule has 1 heterocycles. The normalized spacial score (nSPS) is 26.0. The summed E-state index contributed by atoms with van der Waals surface area (Å²) in [4.78, 5) is 11.4. The summed E-state index contributed by atoms with van der Waals surface area (Å²) in [5, 5.41) is 3.62. The van der Waals surface area contributed by atoms with E-state index in [-0.39, 0.29) is 5.97 Å². The molecule has 1 aromatic heterocycles. The van der Waals surface area contributed by atoms with Crippen LogP contribution in [0.4, 0.5) is 0 Å². The van der Waals surface area contributed by atoms with Gasteiger partial charge < -0.3 is 14.5 Å². The molecular weight excluding hydrogens is 266 g/mol. The zero-order valence-electron chi connectivity index (χ0n) is 13.5. The van der Waals surface area contributed by atoms with Crippen LogP contribution in [0.25, 0.3) is 0 Å². The fourth-order valence-electron chi connectivity index (χ4n) is 3.37. The number of carbonyl (C=O) groups is 1. The van der Waals surface area contributed by atoms with Gasteiger partial charge in [0.25, 0.3) is 0 Å². The third kappa shape index (κ3) is 4.10. The molecule has 118 valence electrons. The highest BCUT2D eigenvalue weighted by Crippen LogP contribution is 2.33. The second kappa shape index (κ2) is 7.12. The van der Waals surface area contributed by atoms with Crippen LogP contribution >= 0.6 is 0 Å². The van der Waals surface area contributed by atoms with Gasteiger partial charge in [-0.15, -0.1) is 0 Å². The largest absolute Gasteiger partial charge is 0.467 e. The van der Waals surface area contributed by atoms with Gasteiger partial charge in [0.15, 0.2) is 0 Å². The Hall–Kier alpha value is -1.29. The molecule has 21 heavy (non-hydrogen) atoms. The first-order valence-electron chi connectivity index (χ1n) is 7.90. The Morgan fingerprint density at radius 1 is 1.48 bits per heavy atom. The van der Waals surface area contributed by atoms with Crippen molar-refractivity contribution in [3.63, 3.8) is 0 Å². The Kier molecular flexibility index (Phi) is 5.45. The van der Waals surface area contributed by atoms with Crippen LogP contribution in [0, 0.1) is 17.8 Å². The van der Waals surface area contributed by atoms with E-state index < -0.39 is 0 Å². The van der Waals surface area contributed by atoms with Crippen molar-refractivity contribution in [3.05, 3.63) is 23.7 Å². The molecule has 3 atom stereocenters. The van der Waals surface area contributed by atoms with Crippen molar-refractivity contribution in [2.24, 2.45) is 17.8 Å². The zero-order chi connectivity index (χ0) is 15.4. The summed E-state index contributed by atoms with van der Waals surface area (Å²) in [5.74, 6) is 2.63. The molecule has 0 aliphatic heterocycles. The monoisotopic (exact) mass is 293 g/mol. The number of hydrogen-bond donors (Lipinski definition) is 1. The van der Waals surface area contributed by atoms with Crippen LogP contribution in [0.3, 0.4) is 0 Å². The van der Waals surface area contributed by atoms with Gasteiger partial charge in [0.2, 0.25) is 0 Å². The molecule has 0 radical (unpaired) electrons. The molecule has 0 saturated heterocycles. The van der Waals surface area contributed by atoms with Crippen molar-refractivity contribution in [1.29, 1.82) is 0 Å². The van der Waals surface area contributed by atoms with Crippen LogP contribution in [-0.4, -0.2) is 19.1 Å². The number of nitrogens with one attached hydrogen (secondary N) is 1. The molecule has 0 spiro atoms. The number of esters is 1. The third-order valence-electron chi connectivity index (χ3n) is 4.64. The molecule has 0 amide bonds. The van der Waals surface area contributed by atoms with E-state index in [0.29, 0.717) is 24.1 Å². The van der Waals surface area contributed by atoms with Gasteiger partial charge in [-0.25, -0.2) is 4.79 Å². The maximum Gasteiger partial charge on any atom is 0.341 e. The average molecular weight is 293 g/mol. The van der Waals surface area contributed by atoms with Gasteiger partial charge in [-0.05, 0) is 36.7 Å². The van der Waals surface area contributed by atoms with Gasteiger partial charge in [-0.1, -0.05) is 27.2 Å². The Balaban J connectivity index is 1.93. The van der Waals surface area contributed by atoms with Gasteiger partial charge in [0, 0.05) is 6.04 Å². The zero-order valence-corrected chi connectivity index (χ0v) is 13.5. The number of rotatable bonds is 5. The Bertz CT molecular complexity index is 466. The number of carbonyl (C=O) groups excluding carboxylic acids is 1. The van der Waals surface area contributed by atoms with Crippen LogP contribution in [-0.2, 0) is 11.3 Å². The summed E-state index contributed by atoms with van der Waals surface area (Å²) in [7, 11) is 1.38. The lowest BCUT2D eigenvalue weighted by molar-refractivity contribution is 0.0600. The first kappa shape index (κ1) is 16.1. The minimum Gasteiger partial charge on any atom is -0.467 e. The Morgan fingerprint density at radius 2 is 2.24 bits per heavy atom. The van der Waals surface area contributed by atoms with Gasteiger partial charge in [0.1, 0.15) is 12.0 Å². The molecule has 1 fully saturated rings. The lowest BCUT2D eigenvalue weighted by Gasteiger charge is -2.37.